The number of carbonyl (C=O) groups excluding carboxylic acids is 3. The fourth-order valence-corrected chi connectivity index (χ4v) is 4.73. The molecule has 0 radical (unpaired) electrons. The average molecular weight is 425 g/mol. The number of carbonyl (C=O) groups is 3. The highest BCUT2D eigenvalue weighted by molar-refractivity contribution is 8.27. The first-order valence-corrected chi connectivity index (χ1v) is 10.00. The van der Waals surface area contributed by atoms with Crippen LogP contribution in [0.15, 0.2) is 53.4 Å². The van der Waals surface area contributed by atoms with E-state index in [2.05, 4.69) is 0 Å². The monoisotopic (exact) mass is 424 g/mol. The molecule has 2 heterocycles. The SMILES string of the molecule is COC(=O)CN1C(=O)/C(=C2/SC(=S)N(c3cccc(C)c3)C2=O)c2ccccc21. The second kappa shape index (κ2) is 7.46. The second-order valence-corrected chi connectivity index (χ2v) is 8.18. The molecule has 2 aromatic carbocycles. The number of para-hydroxylation sites is 1. The molecule has 0 atom stereocenters. The van der Waals surface area contributed by atoms with Crippen LogP contribution >= 0.6 is 24.0 Å². The molecule has 2 aromatic rings. The van der Waals surface area contributed by atoms with Gasteiger partial charge in [0.2, 0.25) is 0 Å². The fourth-order valence-electron chi connectivity index (χ4n) is 3.36. The summed E-state index contributed by atoms with van der Waals surface area (Å²) in [7, 11) is 1.27. The highest BCUT2D eigenvalue weighted by atomic mass is 32.2. The Kier molecular flexibility index (Phi) is 4.97. The quantitative estimate of drug-likeness (QED) is 0.428. The number of ether oxygens (including phenoxy) is 1. The smallest absolute Gasteiger partial charge is 0.325 e. The number of esters is 1. The summed E-state index contributed by atoms with van der Waals surface area (Å²) in [6.07, 6.45) is 0. The molecule has 2 aliphatic heterocycles. The molecule has 0 N–H and O–H groups in total. The van der Waals surface area contributed by atoms with E-state index in [1.165, 1.54) is 16.9 Å². The van der Waals surface area contributed by atoms with Gasteiger partial charge in [-0.15, -0.1) is 0 Å². The highest BCUT2D eigenvalue weighted by Gasteiger charge is 2.43. The normalized spacial score (nSPS) is 18.5. The Morgan fingerprint density at radius 3 is 2.59 bits per heavy atom. The summed E-state index contributed by atoms with van der Waals surface area (Å²) in [5.74, 6) is -1.30. The molecule has 2 amide bonds. The van der Waals surface area contributed by atoms with Gasteiger partial charge in [0, 0.05) is 5.56 Å². The molecule has 4 rings (SSSR count). The van der Waals surface area contributed by atoms with Crippen molar-refractivity contribution in [3.63, 3.8) is 0 Å². The van der Waals surface area contributed by atoms with Gasteiger partial charge in [-0.05, 0) is 30.7 Å². The van der Waals surface area contributed by atoms with E-state index in [4.69, 9.17) is 17.0 Å². The third-order valence-electron chi connectivity index (χ3n) is 4.69. The first-order chi connectivity index (χ1) is 13.9. The molecule has 0 aromatic heterocycles. The minimum Gasteiger partial charge on any atom is -0.468 e. The lowest BCUT2D eigenvalue weighted by Crippen LogP contribution is -2.33. The number of aryl methyl sites for hydroxylation is 1. The average Bonchev–Trinajstić information content (AvgIpc) is 3.14. The number of hydrogen-bond acceptors (Lipinski definition) is 6. The molecule has 0 bridgehead atoms. The van der Waals surface area contributed by atoms with Gasteiger partial charge < -0.3 is 4.74 Å². The maximum Gasteiger partial charge on any atom is 0.325 e. The van der Waals surface area contributed by atoms with E-state index < -0.39 is 11.9 Å². The number of anilines is 2. The van der Waals surface area contributed by atoms with Gasteiger partial charge in [0.05, 0.1) is 29.0 Å². The first-order valence-electron chi connectivity index (χ1n) is 8.77. The van der Waals surface area contributed by atoms with Gasteiger partial charge in [0.15, 0.2) is 4.32 Å². The van der Waals surface area contributed by atoms with E-state index in [0.29, 0.717) is 21.3 Å². The minimum atomic E-state index is -0.540. The van der Waals surface area contributed by atoms with Crippen LogP contribution < -0.4 is 9.80 Å². The van der Waals surface area contributed by atoms with Crippen molar-refractivity contribution in [2.75, 3.05) is 23.5 Å². The predicted molar refractivity (Wildman–Crippen MR) is 117 cm³/mol. The lowest BCUT2D eigenvalue weighted by molar-refractivity contribution is -0.139. The topological polar surface area (TPSA) is 66.9 Å². The Bertz CT molecular complexity index is 1110. The molecule has 2 aliphatic rings. The summed E-state index contributed by atoms with van der Waals surface area (Å²) in [5.41, 5.74) is 3.09. The van der Waals surface area contributed by atoms with Crippen molar-refractivity contribution in [3.05, 3.63) is 64.6 Å². The zero-order valence-corrected chi connectivity index (χ0v) is 17.3. The number of benzene rings is 2. The number of thiocarbonyl (C=S) groups is 1. The predicted octanol–water partition coefficient (Wildman–Crippen LogP) is 3.29. The molecule has 146 valence electrons. The second-order valence-electron chi connectivity index (χ2n) is 6.54. The summed E-state index contributed by atoms with van der Waals surface area (Å²) >= 11 is 6.54. The Morgan fingerprint density at radius 1 is 1.10 bits per heavy atom. The maximum atomic E-state index is 13.3. The van der Waals surface area contributed by atoms with Crippen LogP contribution in [0.5, 0.6) is 0 Å². The molecule has 6 nitrogen and oxygen atoms in total. The molecule has 8 heteroatoms. The number of rotatable bonds is 3. The van der Waals surface area contributed by atoms with Crippen molar-refractivity contribution in [2.45, 2.75) is 6.92 Å². The molecule has 0 spiro atoms. The van der Waals surface area contributed by atoms with Gasteiger partial charge in [0.1, 0.15) is 6.54 Å². The Balaban J connectivity index is 1.81. The van der Waals surface area contributed by atoms with Crippen LogP contribution in [0.25, 0.3) is 5.57 Å². The van der Waals surface area contributed by atoms with Crippen molar-refractivity contribution >= 4 is 63.0 Å². The van der Waals surface area contributed by atoms with Gasteiger partial charge in [-0.1, -0.05) is 54.3 Å². The lowest BCUT2D eigenvalue weighted by Gasteiger charge is -2.15. The van der Waals surface area contributed by atoms with E-state index in [0.717, 1.165) is 17.3 Å². The minimum absolute atomic E-state index is 0.228. The molecular formula is C21H16N2O4S2. The van der Waals surface area contributed by atoms with Crippen LogP contribution in [0.1, 0.15) is 11.1 Å². The third-order valence-corrected chi connectivity index (χ3v) is 6.07. The van der Waals surface area contributed by atoms with Crippen LogP contribution in [0.4, 0.5) is 11.4 Å². The Labute approximate surface area is 177 Å². The maximum absolute atomic E-state index is 13.3. The molecule has 0 unspecified atom stereocenters. The van der Waals surface area contributed by atoms with E-state index in [-0.39, 0.29) is 22.9 Å². The summed E-state index contributed by atoms with van der Waals surface area (Å²) in [6.45, 7) is 1.70. The summed E-state index contributed by atoms with van der Waals surface area (Å²) in [4.78, 5) is 41.3. The van der Waals surface area contributed by atoms with E-state index >= 15 is 0 Å². The largest absolute Gasteiger partial charge is 0.468 e. The zero-order valence-electron chi connectivity index (χ0n) is 15.7. The third kappa shape index (κ3) is 3.24. The summed E-state index contributed by atoms with van der Waals surface area (Å²) < 4.78 is 5.07. The number of hydrogen-bond donors (Lipinski definition) is 0. The van der Waals surface area contributed by atoms with Gasteiger partial charge in [-0.2, -0.15) is 0 Å². The van der Waals surface area contributed by atoms with Crippen molar-refractivity contribution in [1.29, 1.82) is 0 Å². The molecule has 0 saturated carbocycles. The molecule has 1 fully saturated rings. The van der Waals surface area contributed by atoms with Gasteiger partial charge in [-0.3, -0.25) is 24.2 Å². The molecule has 0 aliphatic carbocycles. The van der Waals surface area contributed by atoms with Crippen molar-refractivity contribution in [3.8, 4) is 0 Å². The Hall–Kier alpha value is -2.97. The highest BCUT2D eigenvalue weighted by Crippen LogP contribution is 2.45. The van der Waals surface area contributed by atoms with E-state index in [1.807, 2.05) is 25.1 Å². The van der Waals surface area contributed by atoms with Crippen LogP contribution in [-0.4, -0.2) is 35.8 Å². The lowest BCUT2D eigenvalue weighted by atomic mass is 10.1. The van der Waals surface area contributed by atoms with E-state index in [1.54, 1.807) is 30.3 Å². The Morgan fingerprint density at radius 2 is 1.86 bits per heavy atom. The van der Waals surface area contributed by atoms with Crippen LogP contribution in [0.3, 0.4) is 0 Å². The van der Waals surface area contributed by atoms with Crippen molar-refractivity contribution in [1.82, 2.24) is 0 Å². The standard InChI is InChI=1S/C21H16N2O4S2/c1-12-6-5-7-13(10-12)23-20(26)18(29-21(23)28)17-14-8-3-4-9-15(14)22(19(17)25)11-16(24)27-2/h3-10H,11H2,1-2H3/b18-17+. The van der Waals surface area contributed by atoms with Crippen LogP contribution in [0.2, 0.25) is 0 Å². The number of methoxy groups -OCH3 is 1. The number of fused-ring (bicyclic) bond motifs is 1. The van der Waals surface area contributed by atoms with Gasteiger partial charge in [0.25, 0.3) is 11.8 Å². The molecular weight excluding hydrogens is 408 g/mol. The van der Waals surface area contributed by atoms with Crippen molar-refractivity contribution < 1.29 is 19.1 Å². The number of nitrogens with zero attached hydrogens (tertiary/aromatic N) is 2. The van der Waals surface area contributed by atoms with Gasteiger partial charge >= 0.3 is 5.97 Å². The van der Waals surface area contributed by atoms with Gasteiger partial charge in [-0.25, -0.2) is 0 Å². The summed E-state index contributed by atoms with van der Waals surface area (Å²) in [6, 6.07) is 14.5. The number of amides is 2. The zero-order chi connectivity index (χ0) is 20.7. The summed E-state index contributed by atoms with van der Waals surface area (Å²) in [5, 5.41) is 0. The van der Waals surface area contributed by atoms with Crippen LogP contribution in [0, 0.1) is 6.92 Å². The van der Waals surface area contributed by atoms with E-state index in [9.17, 15) is 14.4 Å². The fraction of sp³-hybridized carbons (Fsp3) is 0.143. The number of thioether (sulfide) groups is 1. The van der Waals surface area contributed by atoms with Crippen LogP contribution in [-0.2, 0) is 19.1 Å². The van der Waals surface area contributed by atoms with Crippen molar-refractivity contribution in [2.24, 2.45) is 0 Å². The first kappa shape index (κ1) is 19.4. The molecule has 1 saturated heterocycles. The molecule has 29 heavy (non-hydrogen) atoms.